The second kappa shape index (κ2) is 5.67. The molecule has 0 unspecified atom stereocenters. The van der Waals surface area contributed by atoms with E-state index in [0.29, 0.717) is 23.2 Å². The van der Waals surface area contributed by atoms with E-state index < -0.39 is 10.0 Å². The maximum absolute atomic E-state index is 12.4. The topological polar surface area (TPSA) is 55.2 Å². The minimum absolute atomic E-state index is 0.447. The average Bonchev–Trinajstić information content (AvgIpc) is 3.12. The molecular formula is C13H17N3O2S2. The van der Waals surface area contributed by atoms with Gasteiger partial charge in [-0.25, -0.2) is 8.42 Å². The predicted molar refractivity (Wildman–Crippen MR) is 78.0 cm³/mol. The monoisotopic (exact) mass is 311 g/mol. The first kappa shape index (κ1) is 13.8. The largest absolute Gasteiger partial charge is 0.272 e. The van der Waals surface area contributed by atoms with Gasteiger partial charge in [-0.05, 0) is 36.3 Å². The van der Waals surface area contributed by atoms with Gasteiger partial charge in [-0.1, -0.05) is 6.07 Å². The molecule has 0 bridgehead atoms. The summed E-state index contributed by atoms with van der Waals surface area (Å²) in [6, 6.07) is 5.37. The molecular weight excluding hydrogens is 294 g/mol. The molecule has 5 nitrogen and oxygen atoms in total. The van der Waals surface area contributed by atoms with Gasteiger partial charge in [0.15, 0.2) is 0 Å². The van der Waals surface area contributed by atoms with Crippen LogP contribution in [-0.4, -0.2) is 35.6 Å². The Morgan fingerprint density at radius 3 is 2.70 bits per heavy atom. The Morgan fingerprint density at radius 1 is 1.30 bits per heavy atom. The molecule has 1 fully saturated rings. The number of rotatable bonds is 4. The second-order valence-electron chi connectivity index (χ2n) is 5.01. The van der Waals surface area contributed by atoms with Gasteiger partial charge in [0, 0.05) is 32.0 Å². The van der Waals surface area contributed by atoms with Crippen LogP contribution in [0, 0.1) is 5.92 Å². The van der Waals surface area contributed by atoms with Gasteiger partial charge in [-0.2, -0.15) is 9.40 Å². The molecule has 7 heteroatoms. The van der Waals surface area contributed by atoms with Crippen LogP contribution in [0.5, 0.6) is 0 Å². The Hall–Kier alpha value is -1.18. The molecule has 3 heterocycles. The second-order valence-corrected chi connectivity index (χ2v) is 8.12. The van der Waals surface area contributed by atoms with Crippen molar-refractivity contribution in [2.75, 3.05) is 13.1 Å². The lowest BCUT2D eigenvalue weighted by atomic mass is 9.98. The van der Waals surface area contributed by atoms with Gasteiger partial charge in [0.2, 0.25) is 0 Å². The summed E-state index contributed by atoms with van der Waals surface area (Å²) < 4.78 is 28.8. The molecule has 0 amide bonds. The Balaban J connectivity index is 1.61. The van der Waals surface area contributed by atoms with Gasteiger partial charge in [0.05, 0.1) is 0 Å². The normalized spacial score (nSPS) is 18.4. The average molecular weight is 311 g/mol. The number of aromatic nitrogens is 2. The van der Waals surface area contributed by atoms with Gasteiger partial charge < -0.3 is 0 Å². The molecule has 0 atom stereocenters. The molecule has 0 radical (unpaired) electrons. The standard InChI is InChI=1S/C13H17N3O2S2/c17-20(18,13-3-1-10-19-13)16-8-4-12(5-9-16)11-15-7-2-6-14-15/h1-3,6-7,10,12H,4-5,8-9,11H2. The summed E-state index contributed by atoms with van der Waals surface area (Å²) in [5.41, 5.74) is 0. The molecule has 2 aromatic heterocycles. The van der Waals surface area contributed by atoms with Crippen molar-refractivity contribution in [1.29, 1.82) is 0 Å². The van der Waals surface area contributed by atoms with Gasteiger partial charge in [-0.15, -0.1) is 11.3 Å². The zero-order valence-electron chi connectivity index (χ0n) is 11.1. The van der Waals surface area contributed by atoms with E-state index in [9.17, 15) is 8.42 Å². The van der Waals surface area contributed by atoms with E-state index in [-0.39, 0.29) is 0 Å². The third-order valence-electron chi connectivity index (χ3n) is 3.67. The molecule has 20 heavy (non-hydrogen) atoms. The minimum Gasteiger partial charge on any atom is -0.272 e. The van der Waals surface area contributed by atoms with Crippen molar-refractivity contribution in [3.8, 4) is 0 Å². The van der Waals surface area contributed by atoms with Gasteiger partial charge in [-0.3, -0.25) is 4.68 Å². The Morgan fingerprint density at radius 2 is 2.10 bits per heavy atom. The maximum atomic E-state index is 12.4. The zero-order valence-corrected chi connectivity index (χ0v) is 12.7. The van der Waals surface area contributed by atoms with Crippen LogP contribution in [0.15, 0.2) is 40.2 Å². The fourth-order valence-corrected chi connectivity index (χ4v) is 5.16. The van der Waals surface area contributed by atoms with E-state index >= 15 is 0 Å². The maximum Gasteiger partial charge on any atom is 0.252 e. The van der Waals surface area contributed by atoms with Gasteiger partial charge in [0.25, 0.3) is 10.0 Å². The quantitative estimate of drug-likeness (QED) is 0.868. The van der Waals surface area contributed by atoms with E-state index in [1.807, 2.05) is 16.9 Å². The highest BCUT2D eigenvalue weighted by molar-refractivity contribution is 7.91. The first-order valence-electron chi connectivity index (χ1n) is 6.67. The number of hydrogen-bond acceptors (Lipinski definition) is 4. The molecule has 3 rings (SSSR count). The lowest BCUT2D eigenvalue weighted by Gasteiger charge is -2.30. The molecule has 0 N–H and O–H groups in total. The molecule has 1 aliphatic rings. The highest BCUT2D eigenvalue weighted by atomic mass is 32.2. The highest BCUT2D eigenvalue weighted by Crippen LogP contribution is 2.26. The van der Waals surface area contributed by atoms with Crippen molar-refractivity contribution < 1.29 is 8.42 Å². The Kier molecular flexibility index (Phi) is 3.91. The summed E-state index contributed by atoms with van der Waals surface area (Å²) in [5.74, 6) is 0.504. The van der Waals surface area contributed by atoms with Crippen LogP contribution >= 0.6 is 11.3 Å². The van der Waals surface area contributed by atoms with Crippen molar-refractivity contribution in [1.82, 2.24) is 14.1 Å². The number of nitrogens with zero attached hydrogens (tertiary/aromatic N) is 3. The summed E-state index contributed by atoms with van der Waals surface area (Å²) >= 11 is 1.28. The van der Waals surface area contributed by atoms with Crippen LogP contribution in [0.3, 0.4) is 0 Å². The van der Waals surface area contributed by atoms with Crippen LogP contribution in [0.2, 0.25) is 0 Å². The third-order valence-corrected chi connectivity index (χ3v) is 6.94. The van der Waals surface area contributed by atoms with Gasteiger partial charge >= 0.3 is 0 Å². The SMILES string of the molecule is O=S(=O)(c1cccs1)N1CCC(Cn2cccn2)CC1. The smallest absolute Gasteiger partial charge is 0.252 e. The van der Waals surface area contributed by atoms with E-state index in [0.717, 1.165) is 19.4 Å². The minimum atomic E-state index is -3.27. The molecule has 2 aromatic rings. The van der Waals surface area contributed by atoms with E-state index in [4.69, 9.17) is 0 Å². The summed E-state index contributed by atoms with van der Waals surface area (Å²) in [6.45, 7) is 2.08. The van der Waals surface area contributed by atoms with Crippen molar-refractivity contribution in [2.24, 2.45) is 5.92 Å². The van der Waals surface area contributed by atoms with Gasteiger partial charge in [0.1, 0.15) is 4.21 Å². The number of piperidine rings is 1. The number of sulfonamides is 1. The molecule has 1 saturated heterocycles. The molecule has 1 aliphatic heterocycles. The molecule has 0 aliphatic carbocycles. The van der Waals surface area contributed by atoms with Crippen LogP contribution < -0.4 is 0 Å². The van der Waals surface area contributed by atoms with Crippen LogP contribution in [-0.2, 0) is 16.6 Å². The Labute approximate surface area is 122 Å². The van der Waals surface area contributed by atoms with Crippen LogP contribution in [0.4, 0.5) is 0 Å². The van der Waals surface area contributed by atoms with Crippen molar-refractivity contribution in [3.63, 3.8) is 0 Å². The highest BCUT2D eigenvalue weighted by Gasteiger charge is 2.30. The third kappa shape index (κ3) is 2.79. The summed E-state index contributed by atoms with van der Waals surface area (Å²) in [6.07, 6.45) is 5.51. The van der Waals surface area contributed by atoms with Crippen LogP contribution in [0.1, 0.15) is 12.8 Å². The van der Waals surface area contributed by atoms with E-state index in [2.05, 4.69) is 5.10 Å². The summed E-state index contributed by atoms with van der Waals surface area (Å²) in [4.78, 5) is 0. The van der Waals surface area contributed by atoms with E-state index in [1.54, 1.807) is 28.0 Å². The fourth-order valence-electron chi connectivity index (χ4n) is 2.54. The fraction of sp³-hybridized carbons (Fsp3) is 0.462. The number of hydrogen-bond donors (Lipinski definition) is 0. The molecule has 0 saturated carbocycles. The lowest BCUT2D eigenvalue weighted by Crippen LogP contribution is -2.39. The first-order chi connectivity index (χ1) is 9.66. The van der Waals surface area contributed by atoms with Crippen molar-refractivity contribution >= 4 is 21.4 Å². The number of thiophene rings is 1. The first-order valence-corrected chi connectivity index (χ1v) is 8.99. The molecule has 0 spiro atoms. The molecule has 108 valence electrons. The van der Waals surface area contributed by atoms with Crippen molar-refractivity contribution in [2.45, 2.75) is 23.6 Å². The zero-order chi connectivity index (χ0) is 14.0. The Bertz CT molecular complexity index is 627. The predicted octanol–water partition coefficient (Wildman–Crippen LogP) is 2.05. The summed E-state index contributed by atoms with van der Waals surface area (Å²) in [5, 5.41) is 6.01. The molecule has 0 aromatic carbocycles. The van der Waals surface area contributed by atoms with Crippen LogP contribution in [0.25, 0.3) is 0 Å². The van der Waals surface area contributed by atoms with Crippen molar-refractivity contribution in [3.05, 3.63) is 36.0 Å². The summed E-state index contributed by atoms with van der Waals surface area (Å²) in [7, 11) is -3.27. The van der Waals surface area contributed by atoms with E-state index in [1.165, 1.54) is 11.3 Å². The lowest BCUT2D eigenvalue weighted by molar-refractivity contribution is 0.247.